The van der Waals surface area contributed by atoms with Crippen molar-refractivity contribution in [3.05, 3.63) is 0 Å². The number of ether oxygens (including phenoxy) is 3. The van der Waals surface area contributed by atoms with Crippen LogP contribution in [-0.4, -0.2) is 37.2 Å². The van der Waals surface area contributed by atoms with Gasteiger partial charge in [0.15, 0.2) is 6.10 Å². The van der Waals surface area contributed by atoms with Crippen LogP contribution in [0.3, 0.4) is 0 Å². The van der Waals surface area contributed by atoms with E-state index in [1.54, 1.807) is 0 Å². The standard InChI is InChI=1S/C65H126O6/c1-5-8-10-12-14-16-18-20-22-29-34-38-42-46-50-54-58-65(68)71-62(59-69-63(66)56-52-48-44-40-36-32-27-21-19-17-15-13-11-9-6-2)60-70-64(67)57-53-49-45-41-37-33-30-26-24-23-25-28-31-35-39-43-47-51-55-61(4)7-3/h61-62H,5-60H2,1-4H3/t61?,62-/m0/s1. The lowest BCUT2D eigenvalue weighted by molar-refractivity contribution is -0.167. The third-order valence-electron chi connectivity index (χ3n) is 15.4. The van der Waals surface area contributed by atoms with Crippen molar-refractivity contribution in [2.75, 3.05) is 13.2 Å². The van der Waals surface area contributed by atoms with Crippen molar-refractivity contribution in [1.29, 1.82) is 0 Å². The summed E-state index contributed by atoms with van der Waals surface area (Å²) in [7, 11) is 0. The molecule has 0 N–H and O–H groups in total. The molecule has 0 aliphatic heterocycles. The second-order valence-electron chi connectivity index (χ2n) is 22.6. The molecule has 0 spiro atoms. The van der Waals surface area contributed by atoms with Crippen LogP contribution < -0.4 is 0 Å². The number of rotatable bonds is 60. The van der Waals surface area contributed by atoms with Gasteiger partial charge in [0, 0.05) is 19.3 Å². The van der Waals surface area contributed by atoms with E-state index in [9.17, 15) is 14.4 Å². The molecule has 0 rings (SSSR count). The van der Waals surface area contributed by atoms with E-state index in [1.807, 2.05) is 0 Å². The van der Waals surface area contributed by atoms with Gasteiger partial charge in [-0.05, 0) is 25.2 Å². The molecule has 0 bridgehead atoms. The summed E-state index contributed by atoms with van der Waals surface area (Å²) < 4.78 is 17.0. The van der Waals surface area contributed by atoms with Gasteiger partial charge in [-0.15, -0.1) is 0 Å². The predicted octanol–water partition coefficient (Wildman–Crippen LogP) is 21.7. The molecule has 2 atom stereocenters. The minimum atomic E-state index is -0.763. The van der Waals surface area contributed by atoms with Crippen LogP contribution >= 0.6 is 0 Å². The van der Waals surface area contributed by atoms with Crippen LogP contribution in [0.2, 0.25) is 0 Å². The summed E-state index contributed by atoms with van der Waals surface area (Å²) in [5, 5.41) is 0. The molecular weight excluding hydrogens is 877 g/mol. The highest BCUT2D eigenvalue weighted by Gasteiger charge is 2.19. The van der Waals surface area contributed by atoms with Crippen LogP contribution in [0.1, 0.15) is 374 Å². The fraction of sp³-hybridized carbons (Fsp3) is 0.954. The molecule has 0 saturated carbocycles. The summed E-state index contributed by atoms with van der Waals surface area (Å²) in [6.07, 6.45) is 66.7. The first-order valence-electron chi connectivity index (χ1n) is 32.4. The van der Waals surface area contributed by atoms with Crippen molar-refractivity contribution in [2.24, 2.45) is 5.92 Å². The van der Waals surface area contributed by atoms with Crippen LogP contribution in [0.15, 0.2) is 0 Å². The minimum Gasteiger partial charge on any atom is -0.462 e. The molecule has 0 aliphatic rings. The number of carbonyl (C=O) groups excluding carboxylic acids is 3. The average molecular weight is 1000 g/mol. The first-order valence-corrected chi connectivity index (χ1v) is 32.4. The average Bonchev–Trinajstić information content (AvgIpc) is 3.37. The Labute approximate surface area is 444 Å². The van der Waals surface area contributed by atoms with Gasteiger partial charge < -0.3 is 14.2 Å². The Hall–Kier alpha value is -1.59. The van der Waals surface area contributed by atoms with Gasteiger partial charge in [0.2, 0.25) is 0 Å². The fourth-order valence-corrected chi connectivity index (χ4v) is 10.1. The molecule has 1 unspecified atom stereocenters. The largest absolute Gasteiger partial charge is 0.462 e. The maximum absolute atomic E-state index is 12.9. The van der Waals surface area contributed by atoms with E-state index in [0.29, 0.717) is 19.3 Å². The van der Waals surface area contributed by atoms with Crippen LogP contribution in [0, 0.1) is 5.92 Å². The fourth-order valence-electron chi connectivity index (χ4n) is 10.1. The highest BCUT2D eigenvalue weighted by Crippen LogP contribution is 2.19. The van der Waals surface area contributed by atoms with Crippen molar-refractivity contribution >= 4 is 17.9 Å². The first kappa shape index (κ1) is 69.4. The summed E-state index contributed by atoms with van der Waals surface area (Å²) in [5.41, 5.74) is 0. The molecule has 0 aromatic heterocycles. The Kier molecular flexibility index (Phi) is 58.0. The lowest BCUT2D eigenvalue weighted by atomic mass is 9.99. The van der Waals surface area contributed by atoms with Gasteiger partial charge in [0.05, 0.1) is 0 Å². The maximum atomic E-state index is 12.9. The van der Waals surface area contributed by atoms with Crippen LogP contribution in [-0.2, 0) is 28.6 Å². The molecule has 0 radical (unpaired) electrons. The van der Waals surface area contributed by atoms with Gasteiger partial charge in [-0.25, -0.2) is 0 Å². The molecule has 0 aromatic carbocycles. The summed E-state index contributed by atoms with van der Waals surface area (Å²) in [4.78, 5) is 38.3. The van der Waals surface area contributed by atoms with Gasteiger partial charge >= 0.3 is 17.9 Å². The van der Waals surface area contributed by atoms with E-state index in [2.05, 4.69) is 27.7 Å². The topological polar surface area (TPSA) is 78.9 Å². The van der Waals surface area contributed by atoms with E-state index in [4.69, 9.17) is 14.2 Å². The second-order valence-corrected chi connectivity index (χ2v) is 22.6. The van der Waals surface area contributed by atoms with Crippen LogP contribution in [0.5, 0.6) is 0 Å². The highest BCUT2D eigenvalue weighted by molar-refractivity contribution is 5.71. The number of hydrogen-bond acceptors (Lipinski definition) is 6. The third kappa shape index (κ3) is 57.5. The predicted molar refractivity (Wildman–Crippen MR) is 307 cm³/mol. The van der Waals surface area contributed by atoms with Gasteiger partial charge in [-0.2, -0.15) is 0 Å². The van der Waals surface area contributed by atoms with Crippen molar-refractivity contribution in [1.82, 2.24) is 0 Å². The SMILES string of the molecule is CCCCCCCCCCCCCCCCCCC(=O)O[C@@H](COC(=O)CCCCCCCCCCCCCCCCC)COC(=O)CCCCCCCCCCCCCCCCCCCCC(C)CC. The molecular formula is C65H126O6. The molecule has 0 heterocycles. The molecule has 71 heavy (non-hydrogen) atoms. The Morgan fingerprint density at radius 3 is 0.732 bits per heavy atom. The van der Waals surface area contributed by atoms with Crippen molar-refractivity contribution in [3.63, 3.8) is 0 Å². The van der Waals surface area contributed by atoms with E-state index < -0.39 is 6.10 Å². The lowest BCUT2D eigenvalue weighted by Gasteiger charge is -2.18. The number of esters is 3. The highest BCUT2D eigenvalue weighted by atomic mass is 16.6. The van der Waals surface area contributed by atoms with Gasteiger partial charge in [-0.1, -0.05) is 336 Å². The first-order chi connectivity index (χ1) is 34.9. The Balaban J connectivity index is 4.25. The van der Waals surface area contributed by atoms with Crippen molar-refractivity contribution in [3.8, 4) is 0 Å². The van der Waals surface area contributed by atoms with E-state index >= 15 is 0 Å². The van der Waals surface area contributed by atoms with Crippen LogP contribution in [0.25, 0.3) is 0 Å². The van der Waals surface area contributed by atoms with Crippen LogP contribution in [0.4, 0.5) is 0 Å². The summed E-state index contributed by atoms with van der Waals surface area (Å²) >= 11 is 0. The van der Waals surface area contributed by atoms with Gasteiger partial charge in [-0.3, -0.25) is 14.4 Å². The second kappa shape index (κ2) is 59.3. The monoisotopic (exact) mass is 1000 g/mol. The molecule has 6 heteroatoms. The molecule has 0 amide bonds. The van der Waals surface area contributed by atoms with E-state index in [1.165, 1.54) is 270 Å². The Bertz CT molecular complexity index is 1080. The van der Waals surface area contributed by atoms with Gasteiger partial charge in [0.25, 0.3) is 0 Å². The van der Waals surface area contributed by atoms with E-state index in [-0.39, 0.29) is 31.1 Å². The Morgan fingerprint density at radius 1 is 0.282 bits per heavy atom. The molecule has 0 aliphatic carbocycles. The zero-order valence-electron chi connectivity index (χ0n) is 48.7. The van der Waals surface area contributed by atoms with Crippen molar-refractivity contribution in [2.45, 2.75) is 381 Å². The number of carbonyl (C=O) groups is 3. The molecule has 6 nitrogen and oxygen atoms in total. The minimum absolute atomic E-state index is 0.0610. The van der Waals surface area contributed by atoms with E-state index in [0.717, 1.165) is 63.7 Å². The normalized spacial score (nSPS) is 12.3. The molecule has 0 saturated heterocycles. The third-order valence-corrected chi connectivity index (χ3v) is 15.4. The lowest BCUT2D eigenvalue weighted by Crippen LogP contribution is -2.30. The number of hydrogen-bond donors (Lipinski definition) is 0. The maximum Gasteiger partial charge on any atom is 0.306 e. The number of unbranched alkanes of at least 4 members (excludes halogenated alkanes) is 46. The Morgan fingerprint density at radius 2 is 0.493 bits per heavy atom. The smallest absolute Gasteiger partial charge is 0.306 e. The summed E-state index contributed by atoms with van der Waals surface area (Å²) in [6, 6.07) is 0. The zero-order valence-corrected chi connectivity index (χ0v) is 48.7. The summed E-state index contributed by atoms with van der Waals surface area (Å²) in [6.45, 7) is 9.13. The quantitative estimate of drug-likeness (QED) is 0.0343. The zero-order chi connectivity index (χ0) is 51.6. The molecule has 0 aromatic rings. The van der Waals surface area contributed by atoms with Crippen molar-refractivity contribution < 1.29 is 28.6 Å². The molecule has 422 valence electrons. The van der Waals surface area contributed by atoms with Gasteiger partial charge in [0.1, 0.15) is 13.2 Å². The molecule has 0 fully saturated rings. The summed E-state index contributed by atoms with van der Waals surface area (Å²) in [5.74, 6) is 0.0838.